The van der Waals surface area contributed by atoms with E-state index in [1.165, 1.54) is 19.3 Å². The first-order valence-corrected chi connectivity index (χ1v) is 6.74. The van der Waals surface area contributed by atoms with Crippen LogP contribution in [-0.2, 0) is 4.79 Å². The maximum absolute atomic E-state index is 11.8. The number of para-hydroxylation sites is 1. The molecule has 98 valence electrons. The number of carbonyl (C=O) groups excluding carboxylic acids is 1. The molecule has 2 unspecified atom stereocenters. The standard InChI is InChI=1S/C15H22N2O/c1-11-7-8-13(9-11)16-10-15(18)17-14-6-4-3-5-12(14)2/h3-6,11,13,16H,7-10H2,1-2H3,(H,17,18). The average Bonchev–Trinajstić information content (AvgIpc) is 2.76. The van der Waals surface area contributed by atoms with Gasteiger partial charge in [-0.2, -0.15) is 0 Å². The predicted molar refractivity (Wildman–Crippen MR) is 74.6 cm³/mol. The van der Waals surface area contributed by atoms with Crippen LogP contribution in [0.5, 0.6) is 0 Å². The molecule has 0 bridgehead atoms. The van der Waals surface area contributed by atoms with E-state index in [4.69, 9.17) is 0 Å². The van der Waals surface area contributed by atoms with Gasteiger partial charge in [0.1, 0.15) is 0 Å². The van der Waals surface area contributed by atoms with E-state index in [0.717, 1.165) is 17.2 Å². The molecule has 2 atom stereocenters. The quantitative estimate of drug-likeness (QED) is 0.857. The van der Waals surface area contributed by atoms with E-state index in [1.807, 2.05) is 31.2 Å². The van der Waals surface area contributed by atoms with E-state index in [9.17, 15) is 4.79 Å². The summed E-state index contributed by atoms with van der Waals surface area (Å²) in [6, 6.07) is 8.37. The van der Waals surface area contributed by atoms with Crippen LogP contribution < -0.4 is 10.6 Å². The van der Waals surface area contributed by atoms with Gasteiger partial charge in [0.25, 0.3) is 0 Å². The summed E-state index contributed by atoms with van der Waals surface area (Å²) in [6.45, 7) is 4.68. The normalized spacial score (nSPS) is 23.0. The summed E-state index contributed by atoms with van der Waals surface area (Å²) < 4.78 is 0. The molecular formula is C15H22N2O. The van der Waals surface area contributed by atoms with Gasteiger partial charge >= 0.3 is 0 Å². The highest BCUT2D eigenvalue weighted by Crippen LogP contribution is 2.24. The predicted octanol–water partition coefficient (Wildman–Crippen LogP) is 2.71. The van der Waals surface area contributed by atoms with E-state index in [2.05, 4.69) is 17.6 Å². The number of hydrogen-bond acceptors (Lipinski definition) is 2. The van der Waals surface area contributed by atoms with Gasteiger partial charge in [0.15, 0.2) is 0 Å². The second-order valence-electron chi connectivity index (χ2n) is 5.36. The number of nitrogens with one attached hydrogen (secondary N) is 2. The Morgan fingerprint density at radius 1 is 1.33 bits per heavy atom. The lowest BCUT2D eigenvalue weighted by molar-refractivity contribution is -0.115. The molecule has 0 radical (unpaired) electrons. The van der Waals surface area contributed by atoms with Gasteiger partial charge in [-0.25, -0.2) is 0 Å². The van der Waals surface area contributed by atoms with Crippen molar-refractivity contribution >= 4 is 11.6 Å². The van der Waals surface area contributed by atoms with E-state index >= 15 is 0 Å². The topological polar surface area (TPSA) is 41.1 Å². The highest BCUT2D eigenvalue weighted by atomic mass is 16.1. The third kappa shape index (κ3) is 3.57. The molecule has 0 heterocycles. The zero-order valence-electron chi connectivity index (χ0n) is 11.2. The lowest BCUT2D eigenvalue weighted by Gasteiger charge is -2.13. The lowest BCUT2D eigenvalue weighted by atomic mass is 10.1. The molecule has 1 aromatic rings. The number of anilines is 1. The zero-order chi connectivity index (χ0) is 13.0. The zero-order valence-corrected chi connectivity index (χ0v) is 11.2. The average molecular weight is 246 g/mol. The monoisotopic (exact) mass is 246 g/mol. The molecule has 2 N–H and O–H groups in total. The lowest BCUT2D eigenvalue weighted by Crippen LogP contribution is -2.34. The fraction of sp³-hybridized carbons (Fsp3) is 0.533. The summed E-state index contributed by atoms with van der Waals surface area (Å²) in [7, 11) is 0. The van der Waals surface area contributed by atoms with E-state index in [-0.39, 0.29) is 5.91 Å². The molecule has 0 aliphatic heterocycles. The molecule has 3 heteroatoms. The molecule has 1 saturated carbocycles. The van der Waals surface area contributed by atoms with E-state index in [1.54, 1.807) is 0 Å². The van der Waals surface area contributed by atoms with Crippen molar-refractivity contribution in [3.63, 3.8) is 0 Å². The molecule has 0 saturated heterocycles. The number of hydrogen-bond donors (Lipinski definition) is 2. The molecule has 2 rings (SSSR count). The van der Waals surface area contributed by atoms with Gasteiger partial charge in [-0.05, 0) is 43.7 Å². The molecule has 1 aliphatic rings. The Hall–Kier alpha value is -1.35. The van der Waals surface area contributed by atoms with Gasteiger partial charge in [0.05, 0.1) is 6.54 Å². The van der Waals surface area contributed by atoms with Gasteiger partial charge in [-0.1, -0.05) is 25.1 Å². The Morgan fingerprint density at radius 2 is 2.11 bits per heavy atom. The van der Waals surface area contributed by atoms with Crippen molar-refractivity contribution < 1.29 is 4.79 Å². The molecule has 1 aromatic carbocycles. The number of benzene rings is 1. The fourth-order valence-corrected chi connectivity index (χ4v) is 2.54. The number of rotatable bonds is 4. The minimum atomic E-state index is 0.0452. The first-order chi connectivity index (χ1) is 8.65. The van der Waals surface area contributed by atoms with Crippen LogP contribution in [-0.4, -0.2) is 18.5 Å². The molecule has 3 nitrogen and oxygen atoms in total. The Morgan fingerprint density at radius 3 is 2.78 bits per heavy atom. The Balaban J connectivity index is 1.77. The van der Waals surface area contributed by atoms with Gasteiger partial charge in [-0.3, -0.25) is 4.79 Å². The van der Waals surface area contributed by atoms with Crippen molar-refractivity contribution in [2.75, 3.05) is 11.9 Å². The van der Waals surface area contributed by atoms with Crippen LogP contribution in [0.1, 0.15) is 31.7 Å². The van der Waals surface area contributed by atoms with Crippen molar-refractivity contribution in [2.45, 2.75) is 39.2 Å². The van der Waals surface area contributed by atoms with Gasteiger partial charge in [0, 0.05) is 11.7 Å². The van der Waals surface area contributed by atoms with Gasteiger partial charge in [0.2, 0.25) is 5.91 Å². The van der Waals surface area contributed by atoms with Gasteiger partial charge < -0.3 is 10.6 Å². The van der Waals surface area contributed by atoms with Crippen LogP contribution in [0.15, 0.2) is 24.3 Å². The van der Waals surface area contributed by atoms with Crippen molar-refractivity contribution in [3.05, 3.63) is 29.8 Å². The molecule has 0 aromatic heterocycles. The van der Waals surface area contributed by atoms with Crippen LogP contribution >= 0.6 is 0 Å². The van der Waals surface area contributed by atoms with Crippen LogP contribution in [0.25, 0.3) is 0 Å². The Bertz CT molecular complexity index is 417. The third-order valence-corrected chi connectivity index (χ3v) is 3.67. The minimum absolute atomic E-state index is 0.0452. The van der Waals surface area contributed by atoms with Crippen LogP contribution in [0, 0.1) is 12.8 Å². The third-order valence-electron chi connectivity index (χ3n) is 3.67. The van der Waals surface area contributed by atoms with Crippen molar-refractivity contribution in [3.8, 4) is 0 Å². The van der Waals surface area contributed by atoms with E-state index in [0.29, 0.717) is 12.6 Å². The molecule has 0 spiro atoms. The molecular weight excluding hydrogens is 224 g/mol. The summed E-state index contributed by atoms with van der Waals surface area (Å²) >= 11 is 0. The highest BCUT2D eigenvalue weighted by Gasteiger charge is 2.21. The molecule has 18 heavy (non-hydrogen) atoms. The smallest absolute Gasteiger partial charge is 0.238 e. The summed E-state index contributed by atoms with van der Waals surface area (Å²) in [5.41, 5.74) is 2.00. The van der Waals surface area contributed by atoms with Gasteiger partial charge in [-0.15, -0.1) is 0 Å². The number of aryl methyl sites for hydroxylation is 1. The maximum Gasteiger partial charge on any atom is 0.238 e. The minimum Gasteiger partial charge on any atom is -0.325 e. The van der Waals surface area contributed by atoms with E-state index < -0.39 is 0 Å². The molecule has 1 aliphatic carbocycles. The molecule has 1 amide bonds. The van der Waals surface area contributed by atoms with Crippen LogP contribution in [0.3, 0.4) is 0 Å². The van der Waals surface area contributed by atoms with Crippen LogP contribution in [0.4, 0.5) is 5.69 Å². The SMILES string of the molecule is Cc1ccccc1NC(=O)CNC1CCC(C)C1. The summed E-state index contributed by atoms with van der Waals surface area (Å²) in [5.74, 6) is 0.839. The number of amides is 1. The maximum atomic E-state index is 11.8. The first kappa shape index (κ1) is 13.1. The fourth-order valence-electron chi connectivity index (χ4n) is 2.54. The highest BCUT2D eigenvalue weighted by molar-refractivity contribution is 5.92. The molecule has 1 fully saturated rings. The summed E-state index contributed by atoms with van der Waals surface area (Å²) in [6.07, 6.45) is 3.66. The summed E-state index contributed by atoms with van der Waals surface area (Å²) in [4.78, 5) is 11.8. The summed E-state index contributed by atoms with van der Waals surface area (Å²) in [5, 5.41) is 6.28. The second kappa shape index (κ2) is 6.01. The van der Waals surface area contributed by atoms with Crippen molar-refractivity contribution in [1.82, 2.24) is 5.32 Å². The first-order valence-electron chi connectivity index (χ1n) is 6.74. The van der Waals surface area contributed by atoms with Crippen molar-refractivity contribution in [2.24, 2.45) is 5.92 Å². The Kier molecular flexibility index (Phi) is 4.37. The van der Waals surface area contributed by atoms with Crippen LogP contribution in [0.2, 0.25) is 0 Å². The largest absolute Gasteiger partial charge is 0.325 e. The number of carbonyl (C=O) groups is 1. The second-order valence-corrected chi connectivity index (χ2v) is 5.36. The Labute approximate surface area is 109 Å². The van der Waals surface area contributed by atoms with Crippen molar-refractivity contribution in [1.29, 1.82) is 0 Å².